The average Bonchev–Trinajstić information content (AvgIpc) is 2.23. The quantitative estimate of drug-likeness (QED) is 0.874. The highest BCUT2D eigenvalue weighted by atomic mass is 79.9. The summed E-state index contributed by atoms with van der Waals surface area (Å²) in [5, 5.41) is 0. The highest BCUT2D eigenvalue weighted by molar-refractivity contribution is 9.10. The Hall–Kier alpha value is -0.300. The fourth-order valence-electron chi connectivity index (χ4n) is 1.49. The van der Waals surface area contributed by atoms with Crippen molar-refractivity contribution in [1.82, 2.24) is 0 Å². The predicted molar refractivity (Wildman–Crippen MR) is 71.6 cm³/mol. The third-order valence-electron chi connectivity index (χ3n) is 2.39. The molecular weight excluding hydrogens is 332 g/mol. The van der Waals surface area contributed by atoms with Crippen LogP contribution >= 0.6 is 28.3 Å². The Balaban J connectivity index is 0.00000289. The van der Waals surface area contributed by atoms with Gasteiger partial charge in [0.05, 0.1) is 5.56 Å². The Morgan fingerprint density at radius 1 is 1.22 bits per heavy atom. The summed E-state index contributed by atoms with van der Waals surface area (Å²) in [4.78, 5) is 0. The van der Waals surface area contributed by atoms with Gasteiger partial charge in [-0.15, -0.1) is 12.4 Å². The minimum atomic E-state index is -4.36. The van der Waals surface area contributed by atoms with Crippen LogP contribution in [-0.4, -0.2) is 6.54 Å². The molecule has 0 amide bonds. The molecule has 1 atom stereocenters. The monoisotopic (exact) mass is 346 g/mol. The molecule has 0 aliphatic rings. The number of halogens is 5. The van der Waals surface area contributed by atoms with Gasteiger partial charge < -0.3 is 11.5 Å². The molecule has 0 saturated carbocycles. The SMILES string of the molecule is Cl.NCCC[C@H](N)c1cc(Br)cc(C(F)(F)F)c1. The summed E-state index contributed by atoms with van der Waals surface area (Å²) in [6.45, 7) is 0.480. The molecule has 2 nitrogen and oxygen atoms in total. The second kappa shape index (κ2) is 7.33. The van der Waals surface area contributed by atoms with E-state index in [2.05, 4.69) is 15.9 Å². The van der Waals surface area contributed by atoms with Gasteiger partial charge in [0.1, 0.15) is 0 Å². The fourth-order valence-corrected chi connectivity index (χ4v) is 2.01. The molecule has 0 aliphatic heterocycles. The van der Waals surface area contributed by atoms with Crippen molar-refractivity contribution >= 4 is 28.3 Å². The first kappa shape index (κ1) is 17.7. The van der Waals surface area contributed by atoms with Crippen molar-refractivity contribution in [3.05, 3.63) is 33.8 Å². The van der Waals surface area contributed by atoms with E-state index in [4.69, 9.17) is 11.5 Å². The van der Waals surface area contributed by atoms with E-state index in [0.29, 0.717) is 29.4 Å². The molecule has 0 saturated heterocycles. The summed E-state index contributed by atoms with van der Waals surface area (Å²) < 4.78 is 38.1. The molecule has 0 aliphatic carbocycles. The van der Waals surface area contributed by atoms with Gasteiger partial charge in [-0.3, -0.25) is 0 Å². The first-order chi connectivity index (χ1) is 7.84. The van der Waals surface area contributed by atoms with E-state index in [1.54, 1.807) is 6.07 Å². The van der Waals surface area contributed by atoms with Gasteiger partial charge in [0.2, 0.25) is 0 Å². The summed E-state index contributed by atoms with van der Waals surface area (Å²) >= 11 is 3.06. The van der Waals surface area contributed by atoms with Crippen LogP contribution in [0.25, 0.3) is 0 Å². The van der Waals surface area contributed by atoms with Crippen molar-refractivity contribution in [1.29, 1.82) is 0 Å². The van der Waals surface area contributed by atoms with Gasteiger partial charge in [0, 0.05) is 10.5 Å². The Morgan fingerprint density at radius 2 is 1.83 bits per heavy atom. The third kappa shape index (κ3) is 5.14. The molecule has 104 valence electrons. The molecule has 18 heavy (non-hydrogen) atoms. The second-order valence-corrected chi connectivity index (χ2v) is 4.72. The van der Waals surface area contributed by atoms with E-state index in [1.807, 2.05) is 0 Å². The van der Waals surface area contributed by atoms with Crippen LogP contribution < -0.4 is 11.5 Å². The van der Waals surface area contributed by atoms with Gasteiger partial charge in [-0.1, -0.05) is 15.9 Å². The Bertz CT molecular complexity index is 385. The average molecular weight is 348 g/mol. The largest absolute Gasteiger partial charge is 0.416 e. The lowest BCUT2D eigenvalue weighted by atomic mass is 10.0. The molecule has 0 spiro atoms. The van der Waals surface area contributed by atoms with Crippen molar-refractivity contribution in [3.8, 4) is 0 Å². The van der Waals surface area contributed by atoms with Gasteiger partial charge in [-0.2, -0.15) is 13.2 Å². The molecule has 4 N–H and O–H groups in total. The first-order valence-corrected chi connectivity index (χ1v) is 5.97. The fraction of sp³-hybridized carbons (Fsp3) is 0.455. The molecule has 0 aromatic heterocycles. The lowest BCUT2D eigenvalue weighted by Crippen LogP contribution is -2.14. The molecule has 1 aromatic rings. The van der Waals surface area contributed by atoms with Crippen LogP contribution in [0.3, 0.4) is 0 Å². The van der Waals surface area contributed by atoms with E-state index >= 15 is 0 Å². The first-order valence-electron chi connectivity index (χ1n) is 5.18. The number of rotatable bonds is 4. The highest BCUT2D eigenvalue weighted by Gasteiger charge is 2.31. The maximum absolute atomic E-state index is 12.6. The molecule has 0 unspecified atom stereocenters. The topological polar surface area (TPSA) is 52.0 Å². The minimum Gasteiger partial charge on any atom is -0.330 e. The molecular formula is C11H15BrClF3N2. The predicted octanol–water partition coefficient (Wildman–Crippen LogP) is 3.63. The number of alkyl halides is 3. The van der Waals surface area contributed by atoms with E-state index < -0.39 is 17.8 Å². The molecule has 0 radical (unpaired) electrons. The third-order valence-corrected chi connectivity index (χ3v) is 2.85. The van der Waals surface area contributed by atoms with Gasteiger partial charge in [-0.05, 0) is 43.1 Å². The minimum absolute atomic E-state index is 0. The number of hydrogen-bond acceptors (Lipinski definition) is 2. The van der Waals surface area contributed by atoms with E-state index in [-0.39, 0.29) is 12.4 Å². The number of benzene rings is 1. The van der Waals surface area contributed by atoms with Crippen LogP contribution in [0.5, 0.6) is 0 Å². The molecule has 1 aromatic carbocycles. The smallest absolute Gasteiger partial charge is 0.330 e. The van der Waals surface area contributed by atoms with Crippen molar-refractivity contribution in [2.24, 2.45) is 11.5 Å². The lowest BCUT2D eigenvalue weighted by Gasteiger charge is -2.15. The van der Waals surface area contributed by atoms with Crippen LogP contribution in [0, 0.1) is 0 Å². The van der Waals surface area contributed by atoms with Crippen molar-refractivity contribution in [3.63, 3.8) is 0 Å². The van der Waals surface area contributed by atoms with Gasteiger partial charge in [0.25, 0.3) is 0 Å². The highest BCUT2D eigenvalue weighted by Crippen LogP contribution is 2.33. The standard InChI is InChI=1S/C11H14BrF3N2.ClH/c12-9-5-7(10(17)2-1-3-16)4-8(6-9)11(13,14)15;/h4-6,10H,1-3,16-17H2;1H/t10-;/m0./s1. The molecule has 1 rings (SSSR count). The number of hydrogen-bond donors (Lipinski definition) is 2. The van der Waals surface area contributed by atoms with E-state index in [0.717, 1.165) is 12.1 Å². The maximum Gasteiger partial charge on any atom is 0.416 e. The Morgan fingerprint density at radius 3 is 2.33 bits per heavy atom. The normalized spacial score (nSPS) is 13.0. The van der Waals surface area contributed by atoms with Crippen molar-refractivity contribution < 1.29 is 13.2 Å². The van der Waals surface area contributed by atoms with Crippen LogP contribution in [-0.2, 0) is 6.18 Å². The number of nitrogens with two attached hydrogens (primary N) is 2. The van der Waals surface area contributed by atoms with Crippen LogP contribution in [0.1, 0.15) is 30.0 Å². The van der Waals surface area contributed by atoms with E-state index in [1.165, 1.54) is 0 Å². The molecule has 0 bridgehead atoms. The van der Waals surface area contributed by atoms with Gasteiger partial charge >= 0.3 is 6.18 Å². The summed E-state index contributed by atoms with van der Waals surface area (Å²) in [5.41, 5.74) is 10.9. The maximum atomic E-state index is 12.6. The summed E-state index contributed by atoms with van der Waals surface area (Å²) in [6.07, 6.45) is -3.09. The second-order valence-electron chi connectivity index (χ2n) is 3.81. The zero-order valence-electron chi connectivity index (χ0n) is 9.51. The van der Waals surface area contributed by atoms with Gasteiger partial charge in [0.15, 0.2) is 0 Å². The lowest BCUT2D eigenvalue weighted by molar-refractivity contribution is -0.137. The van der Waals surface area contributed by atoms with Crippen LogP contribution in [0.2, 0.25) is 0 Å². The molecule has 0 heterocycles. The van der Waals surface area contributed by atoms with Gasteiger partial charge in [-0.25, -0.2) is 0 Å². The van der Waals surface area contributed by atoms with E-state index in [9.17, 15) is 13.2 Å². The Labute approximate surface area is 118 Å². The molecule has 0 fully saturated rings. The zero-order chi connectivity index (χ0) is 13.1. The zero-order valence-corrected chi connectivity index (χ0v) is 11.9. The summed E-state index contributed by atoms with van der Waals surface area (Å²) in [6, 6.07) is 3.32. The van der Waals surface area contributed by atoms with Crippen molar-refractivity contribution in [2.45, 2.75) is 25.1 Å². The Kier molecular flexibility index (Phi) is 7.21. The van der Waals surface area contributed by atoms with Crippen molar-refractivity contribution in [2.75, 3.05) is 6.54 Å². The molecule has 7 heteroatoms. The summed E-state index contributed by atoms with van der Waals surface area (Å²) in [5.74, 6) is 0. The van der Waals surface area contributed by atoms with Crippen LogP contribution in [0.4, 0.5) is 13.2 Å². The van der Waals surface area contributed by atoms with Crippen LogP contribution in [0.15, 0.2) is 22.7 Å². The summed E-state index contributed by atoms with van der Waals surface area (Å²) in [7, 11) is 0.